The van der Waals surface area contributed by atoms with Crippen LogP contribution in [0.2, 0.25) is 0 Å². The number of hydrogen-bond acceptors (Lipinski definition) is 4. The SMILES string of the molecule is O=C(O)c1csc(C(=O)Nc2cccc(C(F)(F)F)c2)n1. The summed E-state index contributed by atoms with van der Waals surface area (Å²) in [6.45, 7) is 0. The number of alkyl halides is 3. The summed E-state index contributed by atoms with van der Waals surface area (Å²) in [5.74, 6) is -2.06. The van der Waals surface area contributed by atoms with E-state index < -0.39 is 23.6 Å². The standard InChI is InChI=1S/C12H7F3N2O3S/c13-12(14,15)6-2-1-3-7(4-6)16-9(18)10-17-8(5-21-10)11(19)20/h1-5H,(H,16,18)(H,19,20). The van der Waals surface area contributed by atoms with Gasteiger partial charge in [-0.05, 0) is 18.2 Å². The second-order valence-electron chi connectivity index (χ2n) is 3.88. The maximum atomic E-state index is 12.5. The van der Waals surface area contributed by atoms with Gasteiger partial charge in [0.1, 0.15) is 0 Å². The van der Waals surface area contributed by atoms with Crippen molar-refractivity contribution in [1.82, 2.24) is 4.98 Å². The van der Waals surface area contributed by atoms with Crippen molar-refractivity contribution in [3.05, 3.63) is 45.9 Å². The number of anilines is 1. The lowest BCUT2D eigenvalue weighted by atomic mass is 10.2. The van der Waals surface area contributed by atoms with Gasteiger partial charge >= 0.3 is 12.1 Å². The summed E-state index contributed by atoms with van der Waals surface area (Å²) in [4.78, 5) is 26.0. The number of carboxylic acids is 1. The van der Waals surface area contributed by atoms with Gasteiger partial charge in [0.2, 0.25) is 0 Å². The number of carboxylic acid groups (broad SMARTS) is 1. The number of hydrogen-bond donors (Lipinski definition) is 2. The lowest BCUT2D eigenvalue weighted by molar-refractivity contribution is -0.137. The minimum Gasteiger partial charge on any atom is -0.476 e. The molecule has 2 N–H and O–H groups in total. The number of aromatic carboxylic acids is 1. The Balaban J connectivity index is 2.17. The molecular formula is C12H7F3N2O3S. The first-order valence-electron chi connectivity index (χ1n) is 5.45. The van der Waals surface area contributed by atoms with Crippen LogP contribution in [0.3, 0.4) is 0 Å². The first-order chi connectivity index (χ1) is 9.77. The molecule has 0 spiro atoms. The van der Waals surface area contributed by atoms with Gasteiger partial charge in [-0.25, -0.2) is 9.78 Å². The predicted octanol–water partition coefficient (Wildman–Crippen LogP) is 3.11. The molecule has 0 aliphatic carbocycles. The van der Waals surface area contributed by atoms with E-state index in [1.807, 2.05) is 0 Å². The van der Waals surface area contributed by atoms with Gasteiger partial charge in [-0.2, -0.15) is 13.2 Å². The number of aromatic nitrogens is 1. The molecule has 1 aromatic heterocycles. The molecule has 0 fully saturated rings. The minimum absolute atomic E-state index is 0.0538. The highest BCUT2D eigenvalue weighted by atomic mass is 32.1. The quantitative estimate of drug-likeness (QED) is 0.912. The average molecular weight is 316 g/mol. The van der Waals surface area contributed by atoms with Crippen molar-refractivity contribution in [2.24, 2.45) is 0 Å². The Morgan fingerprint density at radius 3 is 2.57 bits per heavy atom. The summed E-state index contributed by atoms with van der Waals surface area (Å²) >= 11 is 0.789. The Labute approximate surface area is 120 Å². The smallest absolute Gasteiger partial charge is 0.416 e. The highest BCUT2D eigenvalue weighted by Crippen LogP contribution is 2.30. The fraction of sp³-hybridized carbons (Fsp3) is 0.0833. The first-order valence-corrected chi connectivity index (χ1v) is 6.33. The molecule has 0 radical (unpaired) electrons. The Morgan fingerprint density at radius 2 is 2.00 bits per heavy atom. The zero-order valence-electron chi connectivity index (χ0n) is 10.1. The zero-order chi connectivity index (χ0) is 15.6. The maximum absolute atomic E-state index is 12.5. The van der Waals surface area contributed by atoms with Gasteiger partial charge < -0.3 is 10.4 Å². The molecule has 0 aliphatic rings. The lowest BCUT2D eigenvalue weighted by Gasteiger charge is -2.09. The molecule has 0 unspecified atom stereocenters. The predicted molar refractivity (Wildman–Crippen MR) is 68.5 cm³/mol. The molecular weight excluding hydrogens is 309 g/mol. The van der Waals surface area contributed by atoms with E-state index in [1.165, 1.54) is 11.4 Å². The first kappa shape index (κ1) is 15.0. The number of amides is 1. The molecule has 2 aromatic rings. The molecule has 5 nitrogen and oxygen atoms in total. The molecule has 21 heavy (non-hydrogen) atoms. The number of carbonyl (C=O) groups excluding carboxylic acids is 1. The lowest BCUT2D eigenvalue weighted by Crippen LogP contribution is -2.13. The highest BCUT2D eigenvalue weighted by molar-refractivity contribution is 7.12. The van der Waals surface area contributed by atoms with E-state index in [4.69, 9.17) is 5.11 Å². The highest BCUT2D eigenvalue weighted by Gasteiger charge is 2.30. The normalized spacial score (nSPS) is 11.2. The molecule has 2 rings (SSSR count). The van der Waals surface area contributed by atoms with E-state index in [2.05, 4.69) is 10.3 Å². The van der Waals surface area contributed by atoms with Crippen LogP contribution in [0, 0.1) is 0 Å². The number of rotatable bonds is 3. The van der Waals surface area contributed by atoms with Gasteiger partial charge in [-0.15, -0.1) is 11.3 Å². The number of nitrogens with one attached hydrogen (secondary N) is 1. The average Bonchev–Trinajstić information content (AvgIpc) is 2.88. The van der Waals surface area contributed by atoms with E-state index in [1.54, 1.807) is 0 Å². The van der Waals surface area contributed by atoms with Crippen LogP contribution in [0.15, 0.2) is 29.6 Å². The summed E-state index contributed by atoms with van der Waals surface area (Å²) < 4.78 is 37.6. The Morgan fingerprint density at radius 1 is 1.29 bits per heavy atom. The van der Waals surface area contributed by atoms with Crippen LogP contribution in [0.4, 0.5) is 18.9 Å². The second-order valence-corrected chi connectivity index (χ2v) is 4.73. The van der Waals surface area contributed by atoms with Gasteiger partial charge in [0.15, 0.2) is 10.7 Å². The van der Waals surface area contributed by atoms with Crippen LogP contribution in [-0.2, 0) is 6.18 Å². The molecule has 0 saturated carbocycles. The van der Waals surface area contributed by atoms with Crippen LogP contribution in [0.1, 0.15) is 25.9 Å². The third-order valence-corrected chi connectivity index (χ3v) is 3.21. The molecule has 110 valence electrons. The maximum Gasteiger partial charge on any atom is 0.416 e. The van der Waals surface area contributed by atoms with Crippen molar-refractivity contribution in [3.63, 3.8) is 0 Å². The molecule has 9 heteroatoms. The topological polar surface area (TPSA) is 79.3 Å². The molecule has 0 aliphatic heterocycles. The van der Waals surface area contributed by atoms with E-state index in [9.17, 15) is 22.8 Å². The van der Waals surface area contributed by atoms with Gasteiger partial charge in [-0.1, -0.05) is 6.07 Å². The third-order valence-electron chi connectivity index (χ3n) is 2.37. The zero-order valence-corrected chi connectivity index (χ0v) is 11.0. The van der Waals surface area contributed by atoms with Crippen LogP contribution in [0.25, 0.3) is 0 Å². The summed E-state index contributed by atoms with van der Waals surface area (Å²) in [6, 6.07) is 4.10. The largest absolute Gasteiger partial charge is 0.476 e. The number of thiazole rings is 1. The molecule has 0 saturated heterocycles. The Kier molecular flexibility index (Phi) is 3.94. The van der Waals surface area contributed by atoms with Gasteiger partial charge in [0.05, 0.1) is 5.56 Å². The van der Waals surface area contributed by atoms with Crippen LogP contribution < -0.4 is 5.32 Å². The number of nitrogens with zero attached hydrogens (tertiary/aromatic N) is 1. The number of halogens is 3. The molecule has 0 bridgehead atoms. The van der Waals surface area contributed by atoms with Crippen molar-refractivity contribution < 1.29 is 27.9 Å². The van der Waals surface area contributed by atoms with Crippen molar-refractivity contribution in [2.45, 2.75) is 6.18 Å². The summed E-state index contributed by atoms with van der Waals surface area (Å²) in [5.41, 5.74) is -1.25. The summed E-state index contributed by atoms with van der Waals surface area (Å²) in [6.07, 6.45) is -4.52. The molecule has 0 atom stereocenters. The molecule has 1 heterocycles. The van der Waals surface area contributed by atoms with Crippen molar-refractivity contribution in [2.75, 3.05) is 5.32 Å². The summed E-state index contributed by atoms with van der Waals surface area (Å²) in [7, 11) is 0. The molecule has 1 amide bonds. The fourth-order valence-electron chi connectivity index (χ4n) is 1.43. The van der Waals surface area contributed by atoms with Crippen molar-refractivity contribution in [3.8, 4) is 0 Å². The van der Waals surface area contributed by atoms with E-state index in [0.717, 1.165) is 29.5 Å². The van der Waals surface area contributed by atoms with Gasteiger partial charge in [-0.3, -0.25) is 4.79 Å². The van der Waals surface area contributed by atoms with Crippen LogP contribution in [0.5, 0.6) is 0 Å². The Hall–Kier alpha value is -2.42. The Bertz CT molecular complexity index is 697. The number of carbonyl (C=O) groups is 2. The third kappa shape index (κ3) is 3.57. The number of benzene rings is 1. The minimum atomic E-state index is -4.52. The second kappa shape index (κ2) is 5.52. The van der Waals surface area contributed by atoms with Gasteiger partial charge in [0.25, 0.3) is 5.91 Å². The van der Waals surface area contributed by atoms with Crippen molar-refractivity contribution >= 4 is 28.9 Å². The van der Waals surface area contributed by atoms with Crippen LogP contribution >= 0.6 is 11.3 Å². The monoisotopic (exact) mass is 316 g/mol. The van der Waals surface area contributed by atoms with Crippen LogP contribution in [-0.4, -0.2) is 22.0 Å². The summed E-state index contributed by atoms with van der Waals surface area (Å²) in [5, 5.41) is 11.9. The van der Waals surface area contributed by atoms with E-state index in [0.29, 0.717) is 0 Å². The van der Waals surface area contributed by atoms with Gasteiger partial charge in [0, 0.05) is 11.1 Å². The van der Waals surface area contributed by atoms with E-state index in [-0.39, 0.29) is 16.4 Å². The van der Waals surface area contributed by atoms with Crippen molar-refractivity contribution in [1.29, 1.82) is 0 Å². The fourth-order valence-corrected chi connectivity index (χ4v) is 2.12. The molecule has 1 aromatic carbocycles. The van der Waals surface area contributed by atoms with E-state index >= 15 is 0 Å².